The minimum atomic E-state index is -0.194. The molecule has 0 bridgehead atoms. The van der Waals surface area contributed by atoms with E-state index >= 15 is 0 Å². The van der Waals surface area contributed by atoms with Crippen LogP contribution in [0.4, 0.5) is 0 Å². The van der Waals surface area contributed by atoms with Crippen molar-refractivity contribution in [3.8, 4) is 17.6 Å². The first-order valence-corrected chi connectivity index (χ1v) is 6.84. The maximum absolute atomic E-state index is 11.1. The lowest BCUT2D eigenvalue weighted by Gasteiger charge is -2.31. The first-order valence-electron chi connectivity index (χ1n) is 6.84. The Hall–Kier alpha value is -1.75. The van der Waals surface area contributed by atoms with E-state index in [1.807, 2.05) is 0 Å². The van der Waals surface area contributed by atoms with E-state index in [0.29, 0.717) is 0 Å². The molecule has 1 N–H and O–H groups in total. The van der Waals surface area contributed by atoms with Crippen LogP contribution in [0.2, 0.25) is 0 Å². The van der Waals surface area contributed by atoms with Crippen LogP contribution in [0.25, 0.3) is 0 Å². The zero-order valence-electron chi connectivity index (χ0n) is 13.5. The molecule has 0 atom stereocenters. The van der Waals surface area contributed by atoms with E-state index in [1.165, 1.54) is 6.92 Å². The van der Waals surface area contributed by atoms with Gasteiger partial charge in [0.15, 0.2) is 0 Å². The summed E-state index contributed by atoms with van der Waals surface area (Å²) in [5.74, 6) is 5.68. The average molecular weight is 272 g/mol. The summed E-state index contributed by atoms with van der Waals surface area (Å²) in [5, 5.41) is 10.3. The van der Waals surface area contributed by atoms with E-state index in [4.69, 9.17) is 0 Å². The summed E-state index contributed by atoms with van der Waals surface area (Å²) in [5.41, 5.74) is 2.37. The van der Waals surface area contributed by atoms with Gasteiger partial charge < -0.3 is 5.11 Å². The molecule has 0 aliphatic carbocycles. The summed E-state index contributed by atoms with van der Waals surface area (Å²) in [6.45, 7) is 13.9. The monoisotopic (exact) mass is 272 g/mol. The molecule has 2 nitrogen and oxygen atoms in total. The molecule has 0 saturated carbocycles. The Balaban J connectivity index is 3.74. The Morgan fingerprint density at radius 3 is 1.90 bits per heavy atom. The third-order valence-corrected chi connectivity index (χ3v) is 3.06. The van der Waals surface area contributed by atoms with Crippen molar-refractivity contribution in [3.05, 3.63) is 28.8 Å². The van der Waals surface area contributed by atoms with Crippen molar-refractivity contribution in [2.45, 2.75) is 59.3 Å². The molecule has 1 aromatic rings. The summed E-state index contributed by atoms with van der Waals surface area (Å²) in [7, 11) is 0. The van der Waals surface area contributed by atoms with Gasteiger partial charge in [-0.05, 0) is 34.4 Å². The second kappa shape index (κ2) is 5.32. The smallest absolute Gasteiger partial charge is 0.202 e. The average Bonchev–Trinajstić information content (AvgIpc) is 2.23. The summed E-state index contributed by atoms with van der Waals surface area (Å²) in [4.78, 5) is 11.1. The summed E-state index contributed by atoms with van der Waals surface area (Å²) < 4.78 is 0. The molecule has 0 radical (unpaired) electrons. The number of phenols is 1. The molecule has 0 fully saturated rings. The second-order valence-electron chi connectivity index (χ2n) is 7.19. The zero-order valence-corrected chi connectivity index (χ0v) is 13.5. The highest BCUT2D eigenvalue weighted by molar-refractivity contribution is 5.94. The van der Waals surface area contributed by atoms with Gasteiger partial charge in [0, 0.05) is 18.1 Å². The van der Waals surface area contributed by atoms with Gasteiger partial charge in [-0.25, -0.2) is 0 Å². The molecular formula is C18H24O2. The van der Waals surface area contributed by atoms with Crippen molar-refractivity contribution in [3.63, 3.8) is 0 Å². The lowest BCUT2D eigenvalue weighted by molar-refractivity contribution is -0.111. The van der Waals surface area contributed by atoms with Gasteiger partial charge in [0.25, 0.3) is 0 Å². The number of carbonyl (C=O) groups excluding carboxylic acids is 1. The molecule has 0 aliphatic heterocycles. The number of carbonyl (C=O) groups is 1. The Bertz CT molecular complexity index is 585. The molecule has 0 saturated heterocycles. The van der Waals surface area contributed by atoms with E-state index in [1.54, 1.807) is 12.1 Å². The summed E-state index contributed by atoms with van der Waals surface area (Å²) >= 11 is 0. The highest BCUT2D eigenvalue weighted by Gasteiger charge is 2.30. The predicted molar refractivity (Wildman–Crippen MR) is 83.1 cm³/mol. The molecular weight excluding hydrogens is 248 g/mol. The molecule has 0 heterocycles. The topological polar surface area (TPSA) is 37.3 Å². The van der Waals surface area contributed by atoms with Crippen molar-refractivity contribution in [1.82, 2.24) is 0 Å². The zero-order chi connectivity index (χ0) is 15.7. The van der Waals surface area contributed by atoms with Crippen molar-refractivity contribution in [1.29, 1.82) is 0 Å². The van der Waals surface area contributed by atoms with Gasteiger partial charge >= 0.3 is 0 Å². The van der Waals surface area contributed by atoms with Crippen molar-refractivity contribution in [2.75, 3.05) is 0 Å². The highest BCUT2D eigenvalue weighted by atomic mass is 16.3. The van der Waals surface area contributed by atoms with Gasteiger partial charge in [-0.1, -0.05) is 47.5 Å². The number of Topliss-reactive ketones (excluding diaryl/α,β-unsaturated/α-hetero) is 1. The van der Waals surface area contributed by atoms with E-state index in [-0.39, 0.29) is 22.4 Å². The number of hydrogen-bond acceptors (Lipinski definition) is 2. The van der Waals surface area contributed by atoms with E-state index in [0.717, 1.165) is 16.7 Å². The molecule has 0 spiro atoms. The highest BCUT2D eigenvalue weighted by Crippen LogP contribution is 2.41. The normalized spacial score (nSPS) is 11.8. The number of benzene rings is 1. The lowest BCUT2D eigenvalue weighted by Crippen LogP contribution is -2.23. The lowest BCUT2D eigenvalue weighted by atomic mass is 9.73. The molecule has 0 aliphatic rings. The number of ketones is 1. The van der Waals surface area contributed by atoms with E-state index in [2.05, 4.69) is 53.4 Å². The fraction of sp³-hybridized carbons (Fsp3) is 0.500. The molecule has 0 aromatic heterocycles. The van der Waals surface area contributed by atoms with E-state index < -0.39 is 0 Å². The van der Waals surface area contributed by atoms with Crippen LogP contribution in [0.1, 0.15) is 65.2 Å². The fourth-order valence-electron chi connectivity index (χ4n) is 2.39. The maximum atomic E-state index is 11.1. The van der Waals surface area contributed by atoms with Crippen molar-refractivity contribution >= 4 is 5.78 Å². The van der Waals surface area contributed by atoms with Crippen LogP contribution in [-0.4, -0.2) is 10.9 Å². The molecule has 1 rings (SSSR count). The van der Waals surface area contributed by atoms with Crippen LogP contribution >= 0.6 is 0 Å². The Labute approximate surface area is 122 Å². The summed E-state index contributed by atoms with van der Waals surface area (Å²) in [6.07, 6.45) is 0. The first-order chi connectivity index (χ1) is 8.94. The predicted octanol–water partition coefficient (Wildman–Crippen LogP) is 3.93. The molecule has 0 amide bonds. The van der Waals surface area contributed by atoms with Crippen molar-refractivity contribution < 1.29 is 9.90 Å². The molecule has 1 aromatic carbocycles. The Morgan fingerprint density at radius 2 is 1.50 bits per heavy atom. The van der Waals surface area contributed by atoms with Gasteiger partial charge in [0.05, 0.1) is 0 Å². The van der Waals surface area contributed by atoms with Crippen molar-refractivity contribution in [2.24, 2.45) is 0 Å². The molecule has 0 unspecified atom stereocenters. The molecule has 20 heavy (non-hydrogen) atoms. The van der Waals surface area contributed by atoms with Crippen LogP contribution in [-0.2, 0) is 15.6 Å². The van der Waals surface area contributed by atoms with Crippen LogP contribution in [0.5, 0.6) is 5.75 Å². The Kier molecular flexibility index (Phi) is 4.34. The minimum Gasteiger partial charge on any atom is -0.508 e. The largest absolute Gasteiger partial charge is 0.508 e. The van der Waals surface area contributed by atoms with Gasteiger partial charge in [-0.3, -0.25) is 4.79 Å². The molecule has 2 heteroatoms. The summed E-state index contributed by atoms with van der Waals surface area (Å²) in [6, 6.07) is 3.46. The van der Waals surface area contributed by atoms with Gasteiger partial charge in [-0.2, -0.15) is 0 Å². The van der Waals surface area contributed by atoms with Gasteiger partial charge in [0.2, 0.25) is 5.78 Å². The fourth-order valence-corrected chi connectivity index (χ4v) is 2.39. The molecule has 108 valence electrons. The number of rotatable bonds is 0. The quantitative estimate of drug-likeness (QED) is 0.727. The van der Waals surface area contributed by atoms with Gasteiger partial charge in [0.1, 0.15) is 5.75 Å². The minimum absolute atomic E-state index is 0.157. The maximum Gasteiger partial charge on any atom is 0.202 e. The number of hydrogen-bond donors (Lipinski definition) is 1. The first kappa shape index (κ1) is 16.3. The standard InChI is InChI=1S/C18H24O2/c1-12(19)8-9-13-10-11-14(20)16(18(5,6)7)15(13)17(2,3)4/h10-11,20H,1-7H3. The SMILES string of the molecule is CC(=O)C#Cc1ccc(O)c(C(C)(C)C)c1C(C)(C)C. The number of phenolic OH excluding ortho intramolecular Hbond substituents is 1. The van der Waals surface area contributed by atoms with Crippen LogP contribution in [0.15, 0.2) is 12.1 Å². The second-order valence-corrected chi connectivity index (χ2v) is 7.19. The number of aromatic hydroxyl groups is 1. The van der Waals surface area contributed by atoms with E-state index in [9.17, 15) is 9.90 Å². The van der Waals surface area contributed by atoms with Crippen LogP contribution in [0, 0.1) is 11.8 Å². The third kappa shape index (κ3) is 3.63. The van der Waals surface area contributed by atoms with Crippen LogP contribution in [0.3, 0.4) is 0 Å². The Morgan fingerprint density at radius 1 is 1.00 bits per heavy atom. The van der Waals surface area contributed by atoms with Crippen LogP contribution < -0.4 is 0 Å². The third-order valence-electron chi connectivity index (χ3n) is 3.06. The van der Waals surface area contributed by atoms with Gasteiger partial charge in [-0.15, -0.1) is 0 Å².